The summed E-state index contributed by atoms with van der Waals surface area (Å²) < 4.78 is 0.951. The molecule has 0 fully saturated rings. The zero-order valence-corrected chi connectivity index (χ0v) is 19.6. The predicted octanol–water partition coefficient (Wildman–Crippen LogP) is 4.92. The van der Waals surface area contributed by atoms with Crippen molar-refractivity contribution >= 4 is 44.3 Å². The van der Waals surface area contributed by atoms with E-state index in [1.54, 1.807) is 4.90 Å². The Bertz CT molecular complexity index is 1010. The SMILES string of the molecule is CCCN(CCC(=O)Nc1nnc(-c2cccc(Br)c2)s1)C(=O)NCc1ccccc1. The zero-order chi connectivity index (χ0) is 22.1. The van der Waals surface area contributed by atoms with Crippen molar-refractivity contribution in [2.24, 2.45) is 0 Å². The van der Waals surface area contributed by atoms with Gasteiger partial charge >= 0.3 is 6.03 Å². The fourth-order valence-electron chi connectivity index (χ4n) is 2.90. The molecule has 1 aromatic heterocycles. The molecular weight excluding hydrogens is 478 g/mol. The number of halogens is 1. The molecule has 2 N–H and O–H groups in total. The Labute approximate surface area is 194 Å². The van der Waals surface area contributed by atoms with Crippen LogP contribution in [-0.4, -0.2) is 40.1 Å². The molecule has 0 aliphatic carbocycles. The number of hydrogen-bond acceptors (Lipinski definition) is 5. The maximum absolute atomic E-state index is 12.5. The predicted molar refractivity (Wildman–Crippen MR) is 127 cm³/mol. The van der Waals surface area contributed by atoms with E-state index in [0.717, 1.165) is 27.0 Å². The van der Waals surface area contributed by atoms with Gasteiger partial charge in [0.15, 0.2) is 0 Å². The van der Waals surface area contributed by atoms with E-state index in [4.69, 9.17) is 0 Å². The minimum absolute atomic E-state index is 0.175. The molecule has 3 rings (SSSR count). The second kappa shape index (κ2) is 11.6. The molecule has 0 radical (unpaired) electrons. The van der Waals surface area contributed by atoms with Crippen molar-refractivity contribution in [1.29, 1.82) is 0 Å². The van der Waals surface area contributed by atoms with Gasteiger partial charge in [0, 0.05) is 36.1 Å². The average Bonchev–Trinajstić information content (AvgIpc) is 3.24. The Morgan fingerprint density at radius 3 is 2.61 bits per heavy atom. The lowest BCUT2D eigenvalue weighted by molar-refractivity contribution is -0.116. The number of amides is 3. The number of benzene rings is 2. The highest BCUT2D eigenvalue weighted by Gasteiger charge is 2.15. The molecule has 9 heteroatoms. The molecule has 0 bridgehead atoms. The molecule has 0 aliphatic heterocycles. The van der Waals surface area contributed by atoms with Gasteiger partial charge in [-0.2, -0.15) is 0 Å². The highest BCUT2D eigenvalue weighted by Crippen LogP contribution is 2.28. The molecule has 162 valence electrons. The number of carbonyl (C=O) groups excluding carboxylic acids is 2. The van der Waals surface area contributed by atoms with Gasteiger partial charge in [0.05, 0.1) is 0 Å². The van der Waals surface area contributed by atoms with E-state index in [0.29, 0.717) is 24.8 Å². The Morgan fingerprint density at radius 1 is 1.06 bits per heavy atom. The van der Waals surface area contributed by atoms with Crippen molar-refractivity contribution in [3.05, 3.63) is 64.6 Å². The van der Waals surface area contributed by atoms with Crippen LogP contribution in [0.3, 0.4) is 0 Å². The fourth-order valence-corrected chi connectivity index (χ4v) is 4.06. The van der Waals surface area contributed by atoms with Gasteiger partial charge in [-0.15, -0.1) is 10.2 Å². The van der Waals surface area contributed by atoms with Crippen LogP contribution in [-0.2, 0) is 11.3 Å². The van der Waals surface area contributed by atoms with Crippen molar-refractivity contribution in [3.63, 3.8) is 0 Å². The van der Waals surface area contributed by atoms with E-state index in [2.05, 4.69) is 36.8 Å². The van der Waals surface area contributed by atoms with Crippen LogP contribution in [0.5, 0.6) is 0 Å². The monoisotopic (exact) mass is 501 g/mol. The van der Waals surface area contributed by atoms with Gasteiger partial charge < -0.3 is 15.5 Å². The third-order valence-electron chi connectivity index (χ3n) is 4.42. The Morgan fingerprint density at radius 2 is 1.87 bits per heavy atom. The van der Waals surface area contributed by atoms with E-state index < -0.39 is 0 Å². The van der Waals surface area contributed by atoms with Crippen LogP contribution < -0.4 is 10.6 Å². The first kappa shape index (κ1) is 22.9. The second-order valence-corrected chi connectivity index (χ2v) is 8.75. The van der Waals surface area contributed by atoms with Gasteiger partial charge in [0.25, 0.3) is 0 Å². The summed E-state index contributed by atoms with van der Waals surface area (Å²) in [4.78, 5) is 26.6. The third kappa shape index (κ3) is 7.15. The number of urea groups is 1. The average molecular weight is 502 g/mol. The number of anilines is 1. The summed E-state index contributed by atoms with van der Waals surface area (Å²) in [6.07, 6.45) is 0.997. The first-order valence-corrected chi connectivity index (χ1v) is 11.6. The van der Waals surface area contributed by atoms with Crippen LogP contribution in [0.1, 0.15) is 25.3 Å². The van der Waals surface area contributed by atoms with Crippen LogP contribution in [0.2, 0.25) is 0 Å². The van der Waals surface area contributed by atoms with Gasteiger partial charge in [0.2, 0.25) is 11.0 Å². The van der Waals surface area contributed by atoms with Gasteiger partial charge in [-0.05, 0) is 24.1 Å². The van der Waals surface area contributed by atoms with Crippen molar-refractivity contribution < 1.29 is 9.59 Å². The lowest BCUT2D eigenvalue weighted by atomic mass is 10.2. The summed E-state index contributed by atoms with van der Waals surface area (Å²) in [6, 6.07) is 17.3. The standard InChI is InChI=1S/C22H24BrN5O2S/c1-2-12-28(22(30)24-15-16-7-4-3-5-8-16)13-11-19(29)25-21-27-26-20(31-21)17-9-6-10-18(23)14-17/h3-10,14H,2,11-13,15H2,1H3,(H,24,30)(H,25,27,29). The zero-order valence-electron chi connectivity index (χ0n) is 17.2. The summed E-state index contributed by atoms with van der Waals surface area (Å²) >= 11 is 4.75. The summed E-state index contributed by atoms with van der Waals surface area (Å²) in [6.45, 7) is 3.37. The second-order valence-electron chi connectivity index (χ2n) is 6.85. The molecule has 31 heavy (non-hydrogen) atoms. The number of carbonyl (C=O) groups is 2. The molecule has 7 nitrogen and oxygen atoms in total. The summed E-state index contributed by atoms with van der Waals surface area (Å²) in [5.41, 5.74) is 1.96. The van der Waals surface area contributed by atoms with Crippen molar-refractivity contribution in [1.82, 2.24) is 20.4 Å². The smallest absolute Gasteiger partial charge is 0.317 e. The van der Waals surface area contributed by atoms with E-state index >= 15 is 0 Å². The Hall–Kier alpha value is -2.78. The topological polar surface area (TPSA) is 87.2 Å². The van der Waals surface area contributed by atoms with Gasteiger partial charge in [-0.3, -0.25) is 4.79 Å². The number of nitrogens with zero attached hydrogens (tertiary/aromatic N) is 3. The van der Waals surface area contributed by atoms with Crippen molar-refractivity contribution in [3.8, 4) is 10.6 Å². The van der Waals surface area contributed by atoms with Crippen molar-refractivity contribution in [2.75, 3.05) is 18.4 Å². The summed E-state index contributed by atoms with van der Waals surface area (Å²) in [7, 11) is 0. The molecule has 0 atom stereocenters. The maximum atomic E-state index is 12.5. The molecule has 1 heterocycles. The molecule has 3 amide bonds. The van der Waals surface area contributed by atoms with Gasteiger partial charge in [0.1, 0.15) is 5.01 Å². The lowest BCUT2D eigenvalue weighted by Crippen LogP contribution is -2.41. The maximum Gasteiger partial charge on any atom is 0.317 e. The van der Waals surface area contributed by atoms with Crippen LogP contribution in [0.25, 0.3) is 10.6 Å². The van der Waals surface area contributed by atoms with Crippen LogP contribution in [0, 0.1) is 0 Å². The van der Waals surface area contributed by atoms with Crippen LogP contribution in [0.4, 0.5) is 9.93 Å². The van der Waals surface area contributed by atoms with Gasteiger partial charge in [-0.1, -0.05) is 76.7 Å². The molecule has 2 aromatic carbocycles. The van der Waals surface area contributed by atoms with Crippen LogP contribution in [0.15, 0.2) is 59.1 Å². The Balaban J connectivity index is 1.50. The molecule has 0 aliphatic rings. The van der Waals surface area contributed by atoms with E-state index in [1.165, 1.54) is 11.3 Å². The summed E-state index contributed by atoms with van der Waals surface area (Å²) in [5.74, 6) is -0.200. The molecule has 0 saturated carbocycles. The lowest BCUT2D eigenvalue weighted by Gasteiger charge is -2.22. The first-order chi connectivity index (χ1) is 15.0. The molecule has 0 saturated heterocycles. The van der Waals surface area contributed by atoms with E-state index in [-0.39, 0.29) is 18.4 Å². The molecule has 0 unspecified atom stereocenters. The van der Waals surface area contributed by atoms with Crippen molar-refractivity contribution in [2.45, 2.75) is 26.3 Å². The minimum atomic E-state index is -0.200. The normalized spacial score (nSPS) is 10.5. The Kier molecular flexibility index (Phi) is 8.54. The molecule has 3 aromatic rings. The number of aromatic nitrogens is 2. The summed E-state index contributed by atoms with van der Waals surface area (Å²) in [5, 5.41) is 15.1. The highest BCUT2D eigenvalue weighted by molar-refractivity contribution is 9.10. The quantitative estimate of drug-likeness (QED) is 0.435. The number of rotatable bonds is 9. The fraction of sp³-hybridized carbons (Fsp3) is 0.273. The molecular formula is C22H24BrN5O2S. The minimum Gasteiger partial charge on any atom is -0.334 e. The van der Waals surface area contributed by atoms with Crippen LogP contribution >= 0.6 is 27.3 Å². The highest BCUT2D eigenvalue weighted by atomic mass is 79.9. The third-order valence-corrected chi connectivity index (χ3v) is 5.80. The van der Waals surface area contributed by atoms with E-state index in [1.807, 2.05) is 61.5 Å². The first-order valence-electron chi connectivity index (χ1n) is 10.0. The molecule has 0 spiro atoms. The number of nitrogens with one attached hydrogen (secondary N) is 2. The number of hydrogen-bond donors (Lipinski definition) is 2. The van der Waals surface area contributed by atoms with E-state index in [9.17, 15) is 9.59 Å². The largest absolute Gasteiger partial charge is 0.334 e. The van der Waals surface area contributed by atoms with Gasteiger partial charge in [-0.25, -0.2) is 4.79 Å².